The zero-order valence-corrected chi connectivity index (χ0v) is 17.1. The van der Waals surface area contributed by atoms with Crippen molar-refractivity contribution in [1.29, 1.82) is 0 Å². The molecule has 3 amide bonds. The first-order chi connectivity index (χ1) is 14.5. The minimum atomic E-state index is -0.547. The Hall–Kier alpha value is -3.20. The molecule has 2 N–H and O–H groups in total. The minimum absolute atomic E-state index is 0.103. The van der Waals surface area contributed by atoms with Crippen LogP contribution in [-0.2, 0) is 4.74 Å². The third-order valence-electron chi connectivity index (χ3n) is 5.03. The Bertz CT molecular complexity index is 872. The molecule has 0 bridgehead atoms. The molecule has 2 aromatic rings. The quantitative estimate of drug-likeness (QED) is 0.778. The molecular formula is C21H26FN5O3. The third kappa shape index (κ3) is 5.24. The van der Waals surface area contributed by atoms with Crippen molar-refractivity contribution in [2.45, 2.75) is 19.9 Å². The number of carbonyl (C=O) groups is 2. The zero-order valence-electron chi connectivity index (χ0n) is 17.1. The fraction of sp³-hybridized carbons (Fsp3) is 0.381. The van der Waals surface area contributed by atoms with Gasteiger partial charge in [-0.1, -0.05) is 12.1 Å². The number of pyridine rings is 1. The average Bonchev–Trinajstić information content (AvgIpc) is 2.76. The van der Waals surface area contributed by atoms with Crippen molar-refractivity contribution in [2.24, 2.45) is 0 Å². The lowest BCUT2D eigenvalue weighted by atomic mass is 10.0. The average molecular weight is 415 g/mol. The lowest BCUT2D eigenvalue weighted by Crippen LogP contribution is -2.49. The van der Waals surface area contributed by atoms with Crippen LogP contribution < -0.4 is 10.6 Å². The number of urea groups is 1. The van der Waals surface area contributed by atoms with Crippen molar-refractivity contribution in [2.75, 3.05) is 43.4 Å². The monoisotopic (exact) mass is 415 g/mol. The number of anilines is 2. The van der Waals surface area contributed by atoms with Crippen LogP contribution in [0.2, 0.25) is 0 Å². The van der Waals surface area contributed by atoms with Crippen LogP contribution in [0, 0.1) is 5.82 Å². The molecule has 1 aromatic heterocycles. The predicted octanol–water partition coefficient (Wildman–Crippen LogP) is 3.70. The molecule has 0 spiro atoms. The van der Waals surface area contributed by atoms with E-state index in [2.05, 4.69) is 20.5 Å². The highest BCUT2D eigenvalue weighted by molar-refractivity contribution is 5.99. The van der Waals surface area contributed by atoms with Gasteiger partial charge in [-0.05, 0) is 32.0 Å². The maximum atomic E-state index is 15.1. The molecule has 0 saturated carbocycles. The number of ether oxygens (including phenoxy) is 1. The van der Waals surface area contributed by atoms with Crippen LogP contribution in [0.1, 0.15) is 25.5 Å². The lowest BCUT2D eigenvalue weighted by molar-refractivity contribution is 0.0681. The molecule has 1 saturated heterocycles. The van der Waals surface area contributed by atoms with Crippen molar-refractivity contribution in [3.63, 3.8) is 0 Å². The summed E-state index contributed by atoms with van der Waals surface area (Å²) in [6.45, 7) is 6.30. The molecule has 1 aliphatic heterocycles. The van der Waals surface area contributed by atoms with E-state index in [1.165, 1.54) is 12.3 Å². The first kappa shape index (κ1) is 21.5. The van der Waals surface area contributed by atoms with Gasteiger partial charge in [-0.15, -0.1) is 0 Å². The normalized spacial score (nSPS) is 15.4. The van der Waals surface area contributed by atoms with Crippen LogP contribution >= 0.6 is 0 Å². The number of hydrogen-bond donors (Lipinski definition) is 2. The van der Waals surface area contributed by atoms with Crippen molar-refractivity contribution >= 4 is 23.5 Å². The van der Waals surface area contributed by atoms with Crippen LogP contribution in [0.15, 0.2) is 42.7 Å². The standard InChI is InChI=1S/C21H26FN5O3/c1-3-30-21(29)27-12-10-26(11-13-27)15(2)17-7-4-8-18(19(17)22)25-20(28)24-16-6-5-9-23-14-16/h4-9,14-15H,3,10-13H2,1-2H3,(H2,24,25,28). The summed E-state index contributed by atoms with van der Waals surface area (Å²) in [7, 11) is 0. The van der Waals surface area contributed by atoms with E-state index < -0.39 is 11.8 Å². The molecule has 160 valence electrons. The molecule has 1 aromatic carbocycles. The van der Waals surface area contributed by atoms with Gasteiger partial charge >= 0.3 is 12.1 Å². The lowest BCUT2D eigenvalue weighted by Gasteiger charge is -2.37. The highest BCUT2D eigenvalue weighted by Gasteiger charge is 2.27. The molecule has 1 aliphatic rings. The van der Waals surface area contributed by atoms with Gasteiger partial charge in [0.05, 0.1) is 24.2 Å². The van der Waals surface area contributed by atoms with E-state index in [0.29, 0.717) is 44.0 Å². The number of amides is 3. The molecule has 3 rings (SSSR count). The summed E-state index contributed by atoms with van der Waals surface area (Å²) in [5.41, 5.74) is 1.10. The molecule has 30 heavy (non-hydrogen) atoms. The molecule has 0 aliphatic carbocycles. The number of halogens is 1. The number of nitrogens with one attached hydrogen (secondary N) is 2. The number of hydrogen-bond acceptors (Lipinski definition) is 5. The molecule has 9 heteroatoms. The molecule has 1 fully saturated rings. The van der Waals surface area contributed by atoms with Crippen LogP contribution in [0.4, 0.5) is 25.4 Å². The van der Waals surface area contributed by atoms with E-state index in [-0.39, 0.29) is 17.8 Å². The largest absolute Gasteiger partial charge is 0.450 e. The Kier molecular flexibility index (Phi) is 7.18. The van der Waals surface area contributed by atoms with Crippen molar-refractivity contribution in [3.8, 4) is 0 Å². The summed E-state index contributed by atoms with van der Waals surface area (Å²) in [6, 6.07) is 7.57. The number of benzene rings is 1. The van der Waals surface area contributed by atoms with Gasteiger partial charge in [-0.25, -0.2) is 14.0 Å². The molecular weight excluding hydrogens is 389 g/mol. The van der Waals surface area contributed by atoms with Gasteiger partial charge < -0.3 is 20.3 Å². The molecule has 0 radical (unpaired) electrons. The second kappa shape index (κ2) is 10.0. The van der Waals surface area contributed by atoms with Crippen LogP contribution in [0.25, 0.3) is 0 Å². The fourth-order valence-corrected chi connectivity index (χ4v) is 3.39. The summed E-state index contributed by atoms with van der Waals surface area (Å²) in [6.07, 6.45) is 2.78. The Balaban J connectivity index is 1.63. The van der Waals surface area contributed by atoms with E-state index >= 15 is 4.39 Å². The van der Waals surface area contributed by atoms with Gasteiger partial charge in [-0.3, -0.25) is 9.88 Å². The number of rotatable bonds is 5. The highest BCUT2D eigenvalue weighted by Crippen LogP contribution is 2.28. The summed E-state index contributed by atoms with van der Waals surface area (Å²) >= 11 is 0. The second-order valence-electron chi connectivity index (χ2n) is 6.93. The number of piperazine rings is 1. The van der Waals surface area contributed by atoms with Gasteiger partial charge in [0.25, 0.3) is 0 Å². The van der Waals surface area contributed by atoms with E-state index in [1.807, 2.05) is 6.92 Å². The Morgan fingerprint density at radius 1 is 1.17 bits per heavy atom. The summed E-state index contributed by atoms with van der Waals surface area (Å²) in [5.74, 6) is -0.473. The maximum Gasteiger partial charge on any atom is 0.409 e. The summed E-state index contributed by atoms with van der Waals surface area (Å²) < 4.78 is 20.2. The topological polar surface area (TPSA) is 86.8 Å². The van der Waals surface area contributed by atoms with E-state index in [4.69, 9.17) is 4.74 Å². The molecule has 1 atom stereocenters. The Morgan fingerprint density at radius 3 is 2.60 bits per heavy atom. The fourth-order valence-electron chi connectivity index (χ4n) is 3.39. The van der Waals surface area contributed by atoms with Crippen LogP contribution in [0.3, 0.4) is 0 Å². The smallest absolute Gasteiger partial charge is 0.409 e. The third-order valence-corrected chi connectivity index (χ3v) is 5.03. The van der Waals surface area contributed by atoms with Crippen molar-refractivity contribution < 1.29 is 18.7 Å². The number of aromatic nitrogens is 1. The van der Waals surface area contributed by atoms with E-state index in [9.17, 15) is 9.59 Å². The van der Waals surface area contributed by atoms with Crippen molar-refractivity contribution in [3.05, 3.63) is 54.1 Å². The molecule has 1 unspecified atom stereocenters. The van der Waals surface area contributed by atoms with Gasteiger partial charge in [0.15, 0.2) is 5.82 Å². The zero-order chi connectivity index (χ0) is 21.5. The van der Waals surface area contributed by atoms with Crippen molar-refractivity contribution in [1.82, 2.24) is 14.8 Å². The van der Waals surface area contributed by atoms with Crippen LogP contribution in [0.5, 0.6) is 0 Å². The number of carbonyl (C=O) groups excluding carboxylic acids is 2. The van der Waals surface area contributed by atoms with Gasteiger partial charge in [0.2, 0.25) is 0 Å². The Labute approximate surface area is 175 Å². The summed E-state index contributed by atoms with van der Waals surface area (Å²) in [5, 5.41) is 5.17. The molecule has 8 nitrogen and oxygen atoms in total. The van der Waals surface area contributed by atoms with Gasteiger partial charge in [0, 0.05) is 44.0 Å². The second-order valence-corrected chi connectivity index (χ2v) is 6.93. The predicted molar refractivity (Wildman–Crippen MR) is 112 cm³/mol. The highest BCUT2D eigenvalue weighted by atomic mass is 19.1. The molecule has 2 heterocycles. The minimum Gasteiger partial charge on any atom is -0.450 e. The first-order valence-electron chi connectivity index (χ1n) is 9.91. The maximum absolute atomic E-state index is 15.1. The first-order valence-corrected chi connectivity index (χ1v) is 9.91. The Morgan fingerprint density at radius 2 is 1.93 bits per heavy atom. The SMILES string of the molecule is CCOC(=O)N1CCN(C(C)c2cccc(NC(=O)Nc3cccnc3)c2F)CC1. The summed E-state index contributed by atoms with van der Waals surface area (Å²) in [4.78, 5) is 31.7. The van der Waals surface area contributed by atoms with Gasteiger partial charge in [0.1, 0.15) is 0 Å². The van der Waals surface area contributed by atoms with Crippen LogP contribution in [-0.4, -0.2) is 59.7 Å². The van der Waals surface area contributed by atoms with Gasteiger partial charge in [-0.2, -0.15) is 0 Å². The van der Waals surface area contributed by atoms with E-state index in [0.717, 1.165) is 0 Å². The number of nitrogens with zero attached hydrogens (tertiary/aromatic N) is 3. The van der Waals surface area contributed by atoms with E-state index in [1.54, 1.807) is 42.3 Å².